The number of aromatic nitrogens is 4. The molecule has 208 valence electrons. The monoisotopic (exact) mass is 569 g/mol. The van der Waals surface area contributed by atoms with Gasteiger partial charge in [0.2, 0.25) is 5.91 Å². The topological polar surface area (TPSA) is 92.3 Å². The zero-order valence-electron chi connectivity index (χ0n) is 23.2. The predicted molar refractivity (Wildman–Crippen MR) is 158 cm³/mol. The van der Waals surface area contributed by atoms with Crippen LogP contribution >= 0.6 is 11.6 Å². The van der Waals surface area contributed by atoms with Crippen molar-refractivity contribution in [3.05, 3.63) is 87.6 Å². The average Bonchev–Trinajstić information content (AvgIpc) is 2.99. The Morgan fingerprint density at radius 2 is 2.00 bits per heavy atom. The number of hydrogen-bond acceptors (Lipinski definition) is 6. The second-order valence-electron chi connectivity index (χ2n) is 10.5. The van der Waals surface area contributed by atoms with Gasteiger partial charge in [0.15, 0.2) is 23.5 Å². The van der Waals surface area contributed by atoms with Gasteiger partial charge >= 0.3 is 11.3 Å². The highest BCUT2D eigenvalue weighted by Gasteiger charge is 2.41. The Morgan fingerprint density at radius 1 is 1.22 bits per heavy atom. The van der Waals surface area contributed by atoms with Crippen LogP contribution in [0.1, 0.15) is 48.4 Å². The Hall–Kier alpha value is -4.37. The summed E-state index contributed by atoms with van der Waals surface area (Å²) in [6.45, 7) is 11.1. The van der Waals surface area contributed by atoms with E-state index in [9.17, 15) is 14.4 Å². The summed E-state index contributed by atoms with van der Waals surface area (Å²) in [5, 5.41) is 1.14. The lowest BCUT2D eigenvalue weighted by Crippen LogP contribution is -2.55. The minimum atomic E-state index is -0.425. The molecule has 1 amide bonds. The Labute approximate surface area is 242 Å². The lowest BCUT2D eigenvalue weighted by atomic mass is 9.98. The number of aryl methyl sites for hydroxylation is 1. The standard InChI is InChI=1S/C31H30ClN6O3/c1-5-20-11-12-33-26-19(4)37-28(22-10-8-7-9-21(22)17-39)24(32)15-23-29(34-31(41)38(27(20)26)30(23)37)36-14-13-35(16-18(36)3)25(40)6-2/h6-12,15,17-19H,2,5,13-14,16H2,1,3-4H3/q+1/t18-,19?/m0/s1. The first kappa shape index (κ1) is 26.8. The second kappa shape index (κ2) is 10.2. The van der Waals surface area contributed by atoms with Crippen LogP contribution in [0, 0.1) is 0 Å². The molecule has 0 saturated carbocycles. The number of carbonyl (C=O) groups excluding carboxylic acids is 2. The smallest absolute Gasteiger partial charge is 0.349 e. The molecule has 0 N–H and O–H groups in total. The van der Waals surface area contributed by atoms with Gasteiger partial charge in [-0.3, -0.25) is 14.6 Å². The van der Waals surface area contributed by atoms with Crippen LogP contribution in [0.4, 0.5) is 5.82 Å². The van der Waals surface area contributed by atoms with Gasteiger partial charge in [0.25, 0.3) is 0 Å². The van der Waals surface area contributed by atoms with Gasteiger partial charge in [-0.2, -0.15) is 4.98 Å². The van der Waals surface area contributed by atoms with Crippen LogP contribution in [0.2, 0.25) is 5.02 Å². The molecule has 1 unspecified atom stereocenters. The number of fused-ring (bicyclic) bond motifs is 2. The summed E-state index contributed by atoms with van der Waals surface area (Å²) in [6.07, 6.45) is 4.61. The number of rotatable bonds is 5. The summed E-state index contributed by atoms with van der Waals surface area (Å²) in [5.41, 5.74) is 4.46. The number of benzene rings is 1. The van der Waals surface area contributed by atoms with Crippen molar-refractivity contribution < 1.29 is 14.2 Å². The Kier molecular flexibility index (Phi) is 6.69. The number of piperazine rings is 1. The molecule has 6 rings (SSSR count). The van der Waals surface area contributed by atoms with E-state index in [1.165, 1.54) is 6.08 Å². The minimum Gasteiger partial charge on any atom is -0.349 e. The van der Waals surface area contributed by atoms with E-state index in [1.807, 2.05) is 55.7 Å². The maximum atomic E-state index is 14.0. The van der Waals surface area contributed by atoms with Gasteiger partial charge in [0, 0.05) is 48.6 Å². The fourth-order valence-electron chi connectivity index (χ4n) is 6.25. The highest BCUT2D eigenvalue weighted by atomic mass is 35.5. The molecule has 1 saturated heterocycles. The van der Waals surface area contributed by atoms with E-state index >= 15 is 0 Å². The molecule has 0 spiro atoms. The van der Waals surface area contributed by atoms with Crippen molar-refractivity contribution in [3.8, 4) is 16.9 Å². The zero-order chi connectivity index (χ0) is 29.0. The quantitative estimate of drug-likeness (QED) is 0.206. The number of hydrogen-bond donors (Lipinski definition) is 0. The number of amides is 1. The van der Waals surface area contributed by atoms with Gasteiger partial charge in [-0.1, -0.05) is 43.3 Å². The lowest BCUT2D eigenvalue weighted by molar-refractivity contribution is -0.679. The molecule has 41 heavy (non-hydrogen) atoms. The van der Waals surface area contributed by atoms with Gasteiger partial charge < -0.3 is 9.80 Å². The van der Waals surface area contributed by atoms with E-state index in [-0.39, 0.29) is 18.0 Å². The van der Waals surface area contributed by atoms with Crippen molar-refractivity contribution in [2.45, 2.75) is 39.3 Å². The molecule has 5 heterocycles. The van der Waals surface area contributed by atoms with Gasteiger partial charge in [0.1, 0.15) is 17.1 Å². The summed E-state index contributed by atoms with van der Waals surface area (Å²) >= 11 is 7.09. The van der Waals surface area contributed by atoms with E-state index in [4.69, 9.17) is 16.6 Å². The van der Waals surface area contributed by atoms with E-state index in [0.29, 0.717) is 64.7 Å². The third-order valence-electron chi connectivity index (χ3n) is 8.21. The van der Waals surface area contributed by atoms with Crippen molar-refractivity contribution in [2.24, 2.45) is 0 Å². The zero-order valence-corrected chi connectivity index (χ0v) is 23.9. The predicted octanol–water partition coefficient (Wildman–Crippen LogP) is 3.91. The van der Waals surface area contributed by atoms with Crippen molar-refractivity contribution in [1.82, 2.24) is 19.4 Å². The molecule has 2 atom stereocenters. The van der Waals surface area contributed by atoms with Crippen molar-refractivity contribution in [1.29, 1.82) is 0 Å². The fourth-order valence-corrected chi connectivity index (χ4v) is 6.55. The molecule has 2 aliphatic heterocycles. The fraction of sp³-hybridized carbons (Fsp3) is 0.290. The number of aldehydes is 1. The molecule has 2 aliphatic rings. The number of nitrogens with zero attached hydrogens (tertiary/aromatic N) is 6. The van der Waals surface area contributed by atoms with Gasteiger partial charge in [-0.05, 0) is 44.5 Å². The van der Waals surface area contributed by atoms with Crippen LogP contribution < -0.4 is 15.2 Å². The lowest BCUT2D eigenvalue weighted by Gasteiger charge is -2.40. The molecule has 1 aromatic carbocycles. The summed E-state index contributed by atoms with van der Waals surface area (Å²) in [7, 11) is 0. The molecule has 4 aromatic rings. The summed E-state index contributed by atoms with van der Waals surface area (Å²) in [6, 6.07) is 10.6. The molecule has 3 aromatic heterocycles. The van der Waals surface area contributed by atoms with Crippen LogP contribution in [0.15, 0.2) is 60.0 Å². The van der Waals surface area contributed by atoms with Crippen molar-refractivity contribution in [2.75, 3.05) is 24.5 Å². The van der Waals surface area contributed by atoms with E-state index < -0.39 is 5.69 Å². The molecule has 0 bridgehead atoms. The molecular formula is C31H30ClN6O3+. The number of carbonyl (C=O) groups is 2. The van der Waals surface area contributed by atoms with Crippen LogP contribution in [0.5, 0.6) is 0 Å². The normalized spacial score (nSPS) is 17.9. The molecule has 1 fully saturated rings. The minimum absolute atomic E-state index is 0.109. The van der Waals surface area contributed by atoms with E-state index in [2.05, 4.69) is 16.5 Å². The molecular weight excluding hydrogens is 540 g/mol. The van der Waals surface area contributed by atoms with Gasteiger partial charge in [0.05, 0.1) is 5.02 Å². The Balaban J connectivity index is 1.70. The summed E-state index contributed by atoms with van der Waals surface area (Å²) < 4.78 is 3.66. The average molecular weight is 570 g/mol. The van der Waals surface area contributed by atoms with Crippen LogP contribution in [-0.4, -0.2) is 57.3 Å². The highest BCUT2D eigenvalue weighted by molar-refractivity contribution is 6.33. The first-order chi connectivity index (χ1) is 19.8. The van der Waals surface area contributed by atoms with Crippen molar-refractivity contribution >= 4 is 40.6 Å². The van der Waals surface area contributed by atoms with Crippen LogP contribution in [0.25, 0.3) is 28.0 Å². The Morgan fingerprint density at radius 3 is 2.71 bits per heavy atom. The maximum absolute atomic E-state index is 14.0. The number of pyridine rings is 2. The molecule has 10 heteroatoms. The highest BCUT2D eigenvalue weighted by Crippen LogP contribution is 2.39. The van der Waals surface area contributed by atoms with Gasteiger partial charge in [-0.25, -0.2) is 9.36 Å². The third kappa shape index (κ3) is 4.06. The SMILES string of the molecule is C=CC(=O)N1CCN(c2nc(=O)n3c4c2cc(Cl)c(-c2ccccc2C=O)[n+]4C(C)c2nccc(CC)c2-3)[C@@H](C)C1. The van der Waals surface area contributed by atoms with Crippen LogP contribution in [0.3, 0.4) is 0 Å². The Bertz CT molecular complexity index is 1820. The first-order valence-corrected chi connectivity index (χ1v) is 14.1. The second-order valence-corrected chi connectivity index (χ2v) is 10.9. The maximum Gasteiger partial charge on any atom is 0.442 e. The molecule has 0 radical (unpaired) electrons. The van der Waals surface area contributed by atoms with E-state index in [0.717, 1.165) is 23.2 Å². The first-order valence-electron chi connectivity index (χ1n) is 13.7. The van der Waals surface area contributed by atoms with Crippen LogP contribution in [-0.2, 0) is 11.2 Å². The van der Waals surface area contributed by atoms with E-state index in [1.54, 1.807) is 21.7 Å². The molecule has 0 aliphatic carbocycles. The summed E-state index contributed by atoms with van der Waals surface area (Å²) in [4.78, 5) is 51.6. The third-order valence-corrected chi connectivity index (χ3v) is 8.49. The summed E-state index contributed by atoms with van der Waals surface area (Å²) in [5.74, 6) is 0.395. The van der Waals surface area contributed by atoms with Gasteiger partial charge in [-0.15, -0.1) is 4.57 Å². The number of halogens is 1. The molecule has 9 nitrogen and oxygen atoms in total. The largest absolute Gasteiger partial charge is 0.442 e. The van der Waals surface area contributed by atoms with Crippen molar-refractivity contribution in [3.63, 3.8) is 0 Å². The number of anilines is 1.